The standard InChI is InChI=1S/C12H18O2/c1-4-12(2,13-3)14-10-11-8-6-5-7-9-11/h5-9H,4,10H2,1-3H3. The Bertz CT molecular complexity index is 252. The van der Waals surface area contributed by atoms with E-state index < -0.39 is 5.79 Å². The van der Waals surface area contributed by atoms with Crippen LogP contribution in [-0.2, 0) is 16.1 Å². The first-order chi connectivity index (χ1) is 6.70. The third-order valence-corrected chi connectivity index (χ3v) is 2.46. The maximum Gasteiger partial charge on any atom is 0.165 e. The Morgan fingerprint density at radius 3 is 2.36 bits per heavy atom. The van der Waals surface area contributed by atoms with Crippen LogP contribution < -0.4 is 0 Å². The van der Waals surface area contributed by atoms with Crippen LogP contribution in [-0.4, -0.2) is 12.9 Å². The van der Waals surface area contributed by atoms with Crippen LogP contribution in [0.3, 0.4) is 0 Å². The van der Waals surface area contributed by atoms with E-state index in [9.17, 15) is 0 Å². The minimum atomic E-state index is -0.462. The molecule has 0 spiro atoms. The molecule has 2 nitrogen and oxygen atoms in total. The molecule has 0 N–H and O–H groups in total. The number of rotatable bonds is 5. The van der Waals surface area contributed by atoms with Gasteiger partial charge in [-0.2, -0.15) is 0 Å². The third-order valence-electron chi connectivity index (χ3n) is 2.46. The summed E-state index contributed by atoms with van der Waals surface area (Å²) in [6.45, 7) is 4.60. The minimum absolute atomic E-state index is 0.462. The van der Waals surface area contributed by atoms with Gasteiger partial charge in [-0.25, -0.2) is 0 Å². The highest BCUT2D eigenvalue weighted by atomic mass is 16.7. The Kier molecular flexibility index (Phi) is 4.11. The van der Waals surface area contributed by atoms with Crippen molar-refractivity contribution >= 4 is 0 Å². The molecule has 0 aliphatic rings. The van der Waals surface area contributed by atoms with Crippen LogP contribution in [0.1, 0.15) is 25.8 Å². The van der Waals surface area contributed by atoms with Crippen LogP contribution in [0.2, 0.25) is 0 Å². The lowest BCUT2D eigenvalue weighted by atomic mass is 10.2. The molecule has 2 heteroatoms. The average molecular weight is 194 g/mol. The van der Waals surface area contributed by atoms with E-state index >= 15 is 0 Å². The Labute approximate surface area is 85.8 Å². The summed E-state index contributed by atoms with van der Waals surface area (Å²) in [6.07, 6.45) is 0.844. The molecule has 1 atom stereocenters. The van der Waals surface area contributed by atoms with E-state index in [0.717, 1.165) is 6.42 Å². The van der Waals surface area contributed by atoms with Crippen molar-refractivity contribution in [3.05, 3.63) is 35.9 Å². The fourth-order valence-corrected chi connectivity index (χ4v) is 1.12. The fraction of sp³-hybridized carbons (Fsp3) is 0.500. The smallest absolute Gasteiger partial charge is 0.165 e. The average Bonchev–Trinajstić information content (AvgIpc) is 2.27. The van der Waals surface area contributed by atoms with Gasteiger partial charge < -0.3 is 9.47 Å². The quantitative estimate of drug-likeness (QED) is 0.671. The van der Waals surface area contributed by atoms with Gasteiger partial charge >= 0.3 is 0 Å². The van der Waals surface area contributed by atoms with Crippen LogP contribution in [0, 0.1) is 0 Å². The second kappa shape index (κ2) is 5.13. The van der Waals surface area contributed by atoms with Crippen molar-refractivity contribution < 1.29 is 9.47 Å². The van der Waals surface area contributed by atoms with E-state index in [4.69, 9.17) is 9.47 Å². The molecule has 0 saturated heterocycles. The van der Waals surface area contributed by atoms with Gasteiger partial charge in [0.2, 0.25) is 0 Å². The van der Waals surface area contributed by atoms with Gasteiger partial charge in [0.15, 0.2) is 5.79 Å². The molecular formula is C12H18O2. The van der Waals surface area contributed by atoms with Crippen LogP contribution in [0.4, 0.5) is 0 Å². The Hall–Kier alpha value is -0.860. The van der Waals surface area contributed by atoms with Crippen molar-refractivity contribution in [2.24, 2.45) is 0 Å². The summed E-state index contributed by atoms with van der Waals surface area (Å²) < 4.78 is 11.0. The molecule has 78 valence electrons. The predicted octanol–water partition coefficient (Wildman–Crippen LogP) is 2.98. The van der Waals surface area contributed by atoms with E-state index in [-0.39, 0.29) is 0 Å². The molecule has 14 heavy (non-hydrogen) atoms. The number of methoxy groups -OCH3 is 1. The molecule has 0 fully saturated rings. The molecule has 0 amide bonds. The van der Waals surface area contributed by atoms with Crippen LogP contribution >= 0.6 is 0 Å². The second-order valence-electron chi connectivity index (χ2n) is 3.47. The summed E-state index contributed by atoms with van der Waals surface area (Å²) >= 11 is 0. The van der Waals surface area contributed by atoms with Crippen molar-refractivity contribution in [1.82, 2.24) is 0 Å². The number of benzene rings is 1. The maximum absolute atomic E-state index is 5.69. The van der Waals surface area contributed by atoms with Crippen molar-refractivity contribution in [1.29, 1.82) is 0 Å². The predicted molar refractivity (Wildman–Crippen MR) is 56.9 cm³/mol. The third kappa shape index (κ3) is 3.13. The molecule has 1 unspecified atom stereocenters. The van der Waals surface area contributed by atoms with Gasteiger partial charge in [0.1, 0.15) is 0 Å². The SMILES string of the molecule is CCC(C)(OC)OCc1ccccc1. The Morgan fingerprint density at radius 2 is 1.86 bits per heavy atom. The first-order valence-electron chi connectivity index (χ1n) is 4.93. The first-order valence-corrected chi connectivity index (χ1v) is 4.93. The van der Waals surface area contributed by atoms with E-state index in [1.165, 1.54) is 5.56 Å². The van der Waals surface area contributed by atoms with Gasteiger partial charge in [0.05, 0.1) is 6.61 Å². The van der Waals surface area contributed by atoms with Crippen LogP contribution in [0.25, 0.3) is 0 Å². The molecule has 0 aromatic heterocycles. The molecule has 1 rings (SSSR count). The molecule has 0 radical (unpaired) electrons. The van der Waals surface area contributed by atoms with Crippen LogP contribution in [0.5, 0.6) is 0 Å². The zero-order valence-corrected chi connectivity index (χ0v) is 9.12. The van der Waals surface area contributed by atoms with Gasteiger partial charge in [-0.05, 0) is 18.9 Å². The Morgan fingerprint density at radius 1 is 1.21 bits per heavy atom. The van der Waals surface area contributed by atoms with E-state index in [1.807, 2.05) is 37.3 Å². The van der Waals surface area contributed by atoms with Crippen molar-refractivity contribution in [3.8, 4) is 0 Å². The highest BCUT2D eigenvalue weighted by Crippen LogP contribution is 2.17. The molecule has 1 aromatic carbocycles. The topological polar surface area (TPSA) is 18.5 Å². The lowest BCUT2D eigenvalue weighted by Gasteiger charge is -2.26. The van der Waals surface area contributed by atoms with Gasteiger partial charge in [-0.15, -0.1) is 0 Å². The normalized spacial score (nSPS) is 15.1. The summed E-state index contributed by atoms with van der Waals surface area (Å²) in [5.41, 5.74) is 1.17. The maximum atomic E-state index is 5.69. The summed E-state index contributed by atoms with van der Waals surface area (Å²) in [4.78, 5) is 0. The molecule has 0 saturated carbocycles. The van der Waals surface area contributed by atoms with E-state index in [1.54, 1.807) is 7.11 Å². The lowest BCUT2D eigenvalue weighted by molar-refractivity contribution is -0.218. The van der Waals surface area contributed by atoms with Crippen molar-refractivity contribution in [2.75, 3.05) is 7.11 Å². The van der Waals surface area contributed by atoms with Gasteiger partial charge in [-0.1, -0.05) is 37.3 Å². The lowest BCUT2D eigenvalue weighted by Crippen LogP contribution is -2.29. The largest absolute Gasteiger partial charge is 0.353 e. The summed E-state index contributed by atoms with van der Waals surface area (Å²) in [7, 11) is 1.68. The molecule has 0 aliphatic carbocycles. The second-order valence-corrected chi connectivity index (χ2v) is 3.47. The monoisotopic (exact) mass is 194 g/mol. The molecule has 1 aromatic rings. The zero-order valence-electron chi connectivity index (χ0n) is 9.12. The van der Waals surface area contributed by atoms with E-state index in [2.05, 4.69) is 6.92 Å². The fourth-order valence-electron chi connectivity index (χ4n) is 1.12. The number of hydrogen-bond acceptors (Lipinski definition) is 2. The van der Waals surface area contributed by atoms with E-state index in [0.29, 0.717) is 6.61 Å². The van der Waals surface area contributed by atoms with Gasteiger partial charge in [0.25, 0.3) is 0 Å². The highest BCUT2D eigenvalue weighted by molar-refractivity contribution is 5.13. The zero-order chi connectivity index (χ0) is 10.4. The van der Waals surface area contributed by atoms with Crippen LogP contribution in [0.15, 0.2) is 30.3 Å². The summed E-state index contributed by atoms with van der Waals surface area (Å²) in [5, 5.41) is 0. The summed E-state index contributed by atoms with van der Waals surface area (Å²) in [5.74, 6) is -0.462. The minimum Gasteiger partial charge on any atom is -0.353 e. The molecule has 0 heterocycles. The van der Waals surface area contributed by atoms with Crippen molar-refractivity contribution in [2.45, 2.75) is 32.7 Å². The number of ether oxygens (including phenoxy) is 2. The molecule has 0 aliphatic heterocycles. The van der Waals surface area contributed by atoms with Crippen molar-refractivity contribution in [3.63, 3.8) is 0 Å². The first kappa shape index (κ1) is 11.2. The molecule has 0 bridgehead atoms. The van der Waals surface area contributed by atoms with Gasteiger partial charge in [0, 0.05) is 7.11 Å². The Balaban J connectivity index is 2.48. The number of hydrogen-bond donors (Lipinski definition) is 0. The highest BCUT2D eigenvalue weighted by Gasteiger charge is 2.21. The molecular weight excluding hydrogens is 176 g/mol. The van der Waals surface area contributed by atoms with Gasteiger partial charge in [-0.3, -0.25) is 0 Å². The summed E-state index contributed by atoms with van der Waals surface area (Å²) in [6, 6.07) is 10.1.